The van der Waals surface area contributed by atoms with Crippen molar-refractivity contribution in [3.63, 3.8) is 0 Å². The summed E-state index contributed by atoms with van der Waals surface area (Å²) in [6.45, 7) is 0. The maximum Gasteiger partial charge on any atom is 0.339 e. The zero-order valence-corrected chi connectivity index (χ0v) is 11.7. The standard InChI is InChI=1S/C15H11ClO5/c1-21-13-9(3-2-4-10(13)14(17)18)8-5-6-12(16)11(7-8)15(19)20/h2-7H,1H3,(H,17,18)(H,19,20). The van der Waals surface area contributed by atoms with E-state index in [1.807, 2.05) is 0 Å². The number of carboxylic acids is 2. The molecular formula is C15H11ClO5. The molecule has 21 heavy (non-hydrogen) atoms. The highest BCUT2D eigenvalue weighted by molar-refractivity contribution is 6.33. The molecule has 0 amide bonds. The SMILES string of the molecule is COc1c(C(=O)O)cccc1-c1ccc(Cl)c(C(=O)O)c1. The molecule has 6 heteroatoms. The third-order valence-electron chi connectivity index (χ3n) is 2.96. The van der Waals surface area contributed by atoms with Crippen LogP contribution in [-0.2, 0) is 0 Å². The Labute approximate surface area is 125 Å². The van der Waals surface area contributed by atoms with Crippen molar-refractivity contribution < 1.29 is 24.5 Å². The molecule has 5 nitrogen and oxygen atoms in total. The molecule has 0 aliphatic rings. The Kier molecular flexibility index (Phi) is 4.14. The van der Waals surface area contributed by atoms with Gasteiger partial charge in [-0.15, -0.1) is 0 Å². The Bertz CT molecular complexity index is 724. The van der Waals surface area contributed by atoms with E-state index in [1.165, 1.54) is 25.3 Å². The largest absolute Gasteiger partial charge is 0.495 e. The van der Waals surface area contributed by atoms with Gasteiger partial charge in [0.1, 0.15) is 11.3 Å². The molecule has 0 aromatic heterocycles. The summed E-state index contributed by atoms with van der Waals surface area (Å²) in [7, 11) is 1.36. The summed E-state index contributed by atoms with van der Waals surface area (Å²) in [5.41, 5.74) is 0.937. The Hall–Kier alpha value is -2.53. The molecule has 0 aliphatic carbocycles. The predicted molar refractivity (Wildman–Crippen MR) is 77.4 cm³/mol. The molecule has 0 spiro atoms. The van der Waals surface area contributed by atoms with Gasteiger partial charge >= 0.3 is 11.9 Å². The Morgan fingerprint density at radius 2 is 1.71 bits per heavy atom. The lowest BCUT2D eigenvalue weighted by Crippen LogP contribution is -2.02. The van der Waals surface area contributed by atoms with Crippen molar-refractivity contribution in [1.29, 1.82) is 0 Å². The Morgan fingerprint density at radius 3 is 2.29 bits per heavy atom. The molecule has 0 unspecified atom stereocenters. The van der Waals surface area contributed by atoms with Crippen molar-refractivity contribution in [3.05, 3.63) is 52.5 Å². The summed E-state index contributed by atoms with van der Waals surface area (Å²) in [6.07, 6.45) is 0. The monoisotopic (exact) mass is 306 g/mol. The minimum Gasteiger partial charge on any atom is -0.495 e. The van der Waals surface area contributed by atoms with Gasteiger partial charge in [-0.3, -0.25) is 0 Å². The summed E-state index contributed by atoms with van der Waals surface area (Å²) in [5, 5.41) is 18.4. The van der Waals surface area contributed by atoms with Crippen LogP contribution in [0.5, 0.6) is 5.75 Å². The van der Waals surface area contributed by atoms with Gasteiger partial charge in [0.2, 0.25) is 0 Å². The second-order valence-corrected chi connectivity index (χ2v) is 4.60. The van der Waals surface area contributed by atoms with Crippen LogP contribution in [0.1, 0.15) is 20.7 Å². The highest BCUT2D eigenvalue weighted by atomic mass is 35.5. The number of rotatable bonds is 4. The number of benzene rings is 2. The van der Waals surface area contributed by atoms with E-state index >= 15 is 0 Å². The number of carboxylic acid groups (broad SMARTS) is 2. The second kappa shape index (κ2) is 5.85. The van der Waals surface area contributed by atoms with Crippen LogP contribution >= 0.6 is 11.6 Å². The lowest BCUT2D eigenvalue weighted by Gasteiger charge is -2.12. The number of hydrogen-bond donors (Lipinski definition) is 2. The summed E-state index contributed by atoms with van der Waals surface area (Å²) in [4.78, 5) is 22.3. The van der Waals surface area contributed by atoms with E-state index in [1.54, 1.807) is 18.2 Å². The topological polar surface area (TPSA) is 83.8 Å². The van der Waals surface area contributed by atoms with Gasteiger partial charge in [-0.25, -0.2) is 9.59 Å². The molecule has 0 atom stereocenters. The first-order valence-electron chi connectivity index (χ1n) is 5.89. The minimum absolute atomic E-state index is 0.00169. The van der Waals surface area contributed by atoms with E-state index in [0.29, 0.717) is 11.1 Å². The summed E-state index contributed by atoms with van der Waals surface area (Å²) >= 11 is 5.83. The fraction of sp³-hybridized carbons (Fsp3) is 0.0667. The molecule has 0 fully saturated rings. The fourth-order valence-electron chi connectivity index (χ4n) is 2.01. The first-order valence-corrected chi connectivity index (χ1v) is 6.27. The van der Waals surface area contributed by atoms with Crippen molar-refractivity contribution in [3.8, 4) is 16.9 Å². The third kappa shape index (κ3) is 2.83. The fourth-order valence-corrected chi connectivity index (χ4v) is 2.21. The van der Waals surface area contributed by atoms with Gasteiger partial charge in [0.05, 0.1) is 17.7 Å². The van der Waals surface area contributed by atoms with Crippen molar-refractivity contribution in [2.75, 3.05) is 7.11 Å². The van der Waals surface area contributed by atoms with Crippen LogP contribution in [0.25, 0.3) is 11.1 Å². The smallest absolute Gasteiger partial charge is 0.339 e. The summed E-state index contributed by atoms with van der Waals surface area (Å²) < 4.78 is 5.16. The van der Waals surface area contributed by atoms with Crippen LogP contribution in [0, 0.1) is 0 Å². The van der Waals surface area contributed by atoms with Gasteiger partial charge in [-0.1, -0.05) is 29.8 Å². The third-order valence-corrected chi connectivity index (χ3v) is 3.29. The molecule has 0 saturated heterocycles. The maximum absolute atomic E-state index is 11.2. The molecule has 0 aliphatic heterocycles. The molecule has 0 radical (unpaired) electrons. The van der Waals surface area contributed by atoms with Crippen molar-refractivity contribution >= 4 is 23.5 Å². The van der Waals surface area contributed by atoms with Crippen LogP contribution in [0.3, 0.4) is 0 Å². The zero-order valence-electron chi connectivity index (χ0n) is 11.0. The second-order valence-electron chi connectivity index (χ2n) is 4.19. The Balaban J connectivity index is 2.67. The average Bonchev–Trinajstić information content (AvgIpc) is 2.46. The van der Waals surface area contributed by atoms with Gasteiger partial charge in [-0.05, 0) is 23.8 Å². The number of aromatic carboxylic acids is 2. The van der Waals surface area contributed by atoms with Gasteiger partial charge in [0.15, 0.2) is 0 Å². The van der Waals surface area contributed by atoms with E-state index in [9.17, 15) is 9.59 Å². The van der Waals surface area contributed by atoms with E-state index in [-0.39, 0.29) is 21.9 Å². The van der Waals surface area contributed by atoms with E-state index in [0.717, 1.165) is 0 Å². The van der Waals surface area contributed by atoms with Gasteiger partial charge in [0.25, 0.3) is 0 Å². The average molecular weight is 307 g/mol. The normalized spacial score (nSPS) is 10.2. The molecule has 2 N–H and O–H groups in total. The zero-order chi connectivity index (χ0) is 15.6. The first kappa shape index (κ1) is 14.9. The molecule has 2 aromatic carbocycles. The van der Waals surface area contributed by atoms with Crippen molar-refractivity contribution in [2.24, 2.45) is 0 Å². The lowest BCUT2D eigenvalue weighted by molar-refractivity contribution is 0.0684. The predicted octanol–water partition coefficient (Wildman–Crippen LogP) is 3.41. The van der Waals surface area contributed by atoms with Gasteiger partial charge in [-0.2, -0.15) is 0 Å². The maximum atomic E-state index is 11.2. The quantitative estimate of drug-likeness (QED) is 0.904. The molecule has 108 valence electrons. The molecule has 2 aromatic rings. The minimum atomic E-state index is -1.16. The molecule has 0 heterocycles. The Morgan fingerprint density at radius 1 is 1.05 bits per heavy atom. The van der Waals surface area contributed by atoms with Crippen LogP contribution in [-0.4, -0.2) is 29.3 Å². The highest BCUT2D eigenvalue weighted by Crippen LogP contribution is 2.34. The number of ether oxygens (including phenoxy) is 1. The number of halogens is 1. The highest BCUT2D eigenvalue weighted by Gasteiger charge is 2.17. The van der Waals surface area contributed by atoms with Crippen LogP contribution in [0.4, 0.5) is 0 Å². The summed E-state index contributed by atoms with van der Waals surface area (Å²) in [5.74, 6) is -2.11. The molecule has 0 bridgehead atoms. The van der Waals surface area contributed by atoms with Crippen LogP contribution < -0.4 is 4.74 Å². The molecular weight excluding hydrogens is 296 g/mol. The lowest BCUT2D eigenvalue weighted by atomic mass is 9.99. The van der Waals surface area contributed by atoms with E-state index in [2.05, 4.69) is 0 Å². The molecule has 2 rings (SSSR count). The van der Waals surface area contributed by atoms with Crippen molar-refractivity contribution in [2.45, 2.75) is 0 Å². The number of hydrogen-bond acceptors (Lipinski definition) is 3. The summed E-state index contributed by atoms with van der Waals surface area (Å²) in [6, 6.07) is 9.08. The van der Waals surface area contributed by atoms with Crippen molar-refractivity contribution in [1.82, 2.24) is 0 Å². The van der Waals surface area contributed by atoms with Gasteiger partial charge in [0, 0.05) is 5.56 Å². The van der Waals surface area contributed by atoms with Crippen LogP contribution in [0.15, 0.2) is 36.4 Å². The first-order chi connectivity index (χ1) is 9.95. The molecule has 0 saturated carbocycles. The van der Waals surface area contributed by atoms with E-state index < -0.39 is 11.9 Å². The number of carbonyl (C=O) groups is 2. The number of para-hydroxylation sites is 1. The van der Waals surface area contributed by atoms with E-state index in [4.69, 9.17) is 26.6 Å². The number of methoxy groups -OCH3 is 1. The van der Waals surface area contributed by atoms with Crippen LogP contribution in [0.2, 0.25) is 5.02 Å². The van der Waals surface area contributed by atoms with Gasteiger partial charge < -0.3 is 14.9 Å².